The number of ether oxygens (including phenoxy) is 1. The molecule has 0 spiro atoms. The number of aryl methyl sites for hydroxylation is 1. The molecule has 23 heavy (non-hydrogen) atoms. The van der Waals surface area contributed by atoms with E-state index in [0.29, 0.717) is 6.10 Å². The van der Waals surface area contributed by atoms with Gasteiger partial charge in [-0.15, -0.1) is 0 Å². The first-order valence-corrected chi connectivity index (χ1v) is 8.44. The highest BCUT2D eigenvalue weighted by Crippen LogP contribution is 2.29. The molecule has 0 radical (unpaired) electrons. The number of benzene rings is 1. The second kappa shape index (κ2) is 7.35. The van der Waals surface area contributed by atoms with E-state index in [1.807, 2.05) is 6.07 Å². The Bertz CT molecular complexity index is 590. The molecule has 2 fully saturated rings. The van der Waals surface area contributed by atoms with Gasteiger partial charge in [-0.3, -0.25) is 0 Å². The Labute approximate surface area is 138 Å². The zero-order valence-corrected chi connectivity index (χ0v) is 13.7. The van der Waals surface area contributed by atoms with Crippen molar-refractivity contribution in [2.75, 3.05) is 24.6 Å². The minimum absolute atomic E-state index is 0.109. The Kier molecular flexibility index (Phi) is 5.22. The Balaban J connectivity index is 1.57. The fraction of sp³-hybridized carbons (Fsp3) is 0.579. The lowest BCUT2D eigenvalue weighted by Gasteiger charge is -2.39. The van der Waals surface area contributed by atoms with Gasteiger partial charge in [-0.2, -0.15) is 0 Å². The Hall–Kier alpha value is -1.54. The van der Waals surface area contributed by atoms with E-state index < -0.39 is 0 Å². The molecule has 124 valence electrons. The van der Waals surface area contributed by atoms with Crippen LogP contribution in [-0.4, -0.2) is 48.2 Å². The Morgan fingerprint density at radius 1 is 1.17 bits per heavy atom. The summed E-state index contributed by atoms with van der Waals surface area (Å²) in [5.74, 6) is 5.71. The van der Waals surface area contributed by atoms with E-state index in [1.165, 1.54) is 11.3 Å². The maximum Gasteiger partial charge on any atom is 0.104 e. The normalized spacial score (nSPS) is 24.7. The van der Waals surface area contributed by atoms with Crippen molar-refractivity contribution in [3.8, 4) is 11.8 Å². The molecule has 0 unspecified atom stereocenters. The number of anilines is 1. The van der Waals surface area contributed by atoms with Crippen LogP contribution in [0.2, 0.25) is 0 Å². The average molecular weight is 315 g/mol. The number of aliphatic hydroxyl groups excluding tert-OH is 2. The topological polar surface area (TPSA) is 52.9 Å². The molecule has 1 saturated carbocycles. The number of nitrogens with zero attached hydrogens (tertiary/aromatic N) is 1. The molecular formula is C19H25NO3. The standard InChI is InChI=1S/C19H25NO3/c1-14-9-15(3-2-8-21)11-16(10-14)20-6-4-18(5-7-20)23-19-12-17(22)13-19/h9-11,17-19,21-22H,4-8,12-13H2,1H3. The molecule has 2 N–H and O–H groups in total. The van der Waals surface area contributed by atoms with Gasteiger partial charge in [-0.25, -0.2) is 0 Å². The second-order valence-electron chi connectivity index (χ2n) is 6.59. The van der Waals surface area contributed by atoms with Gasteiger partial charge in [0.1, 0.15) is 6.61 Å². The number of aliphatic hydroxyl groups is 2. The summed E-state index contributed by atoms with van der Waals surface area (Å²) in [5, 5.41) is 18.2. The summed E-state index contributed by atoms with van der Waals surface area (Å²) in [4.78, 5) is 2.38. The van der Waals surface area contributed by atoms with Crippen LogP contribution >= 0.6 is 0 Å². The van der Waals surface area contributed by atoms with Crippen LogP contribution in [0.5, 0.6) is 0 Å². The quantitative estimate of drug-likeness (QED) is 0.836. The molecule has 1 aromatic rings. The second-order valence-corrected chi connectivity index (χ2v) is 6.59. The van der Waals surface area contributed by atoms with E-state index >= 15 is 0 Å². The average Bonchev–Trinajstić information content (AvgIpc) is 2.51. The first-order valence-electron chi connectivity index (χ1n) is 8.44. The number of hydrogen-bond donors (Lipinski definition) is 2. The molecule has 1 aromatic carbocycles. The zero-order chi connectivity index (χ0) is 16.2. The molecule has 0 bridgehead atoms. The van der Waals surface area contributed by atoms with Crippen molar-refractivity contribution < 1.29 is 14.9 Å². The maximum atomic E-state index is 9.34. The van der Waals surface area contributed by atoms with Crippen molar-refractivity contribution >= 4 is 5.69 Å². The van der Waals surface area contributed by atoms with Crippen LogP contribution in [0.3, 0.4) is 0 Å². The van der Waals surface area contributed by atoms with E-state index in [9.17, 15) is 5.11 Å². The molecule has 0 amide bonds. The molecule has 3 rings (SSSR count). The highest BCUT2D eigenvalue weighted by molar-refractivity contribution is 5.55. The smallest absolute Gasteiger partial charge is 0.104 e. The van der Waals surface area contributed by atoms with E-state index in [0.717, 1.165) is 44.3 Å². The van der Waals surface area contributed by atoms with Gasteiger partial charge >= 0.3 is 0 Å². The molecule has 1 aliphatic carbocycles. The summed E-state index contributed by atoms with van der Waals surface area (Å²) in [6, 6.07) is 6.33. The zero-order valence-electron chi connectivity index (χ0n) is 13.7. The lowest BCUT2D eigenvalue weighted by atomic mass is 9.91. The monoisotopic (exact) mass is 315 g/mol. The van der Waals surface area contributed by atoms with Crippen LogP contribution in [0.4, 0.5) is 5.69 Å². The Morgan fingerprint density at radius 3 is 2.57 bits per heavy atom. The fourth-order valence-electron chi connectivity index (χ4n) is 3.33. The summed E-state index contributed by atoms with van der Waals surface area (Å²) in [6.07, 6.45) is 4.08. The van der Waals surface area contributed by atoms with Crippen LogP contribution < -0.4 is 4.90 Å². The summed E-state index contributed by atoms with van der Waals surface area (Å²) < 4.78 is 6.05. The van der Waals surface area contributed by atoms with Crippen molar-refractivity contribution in [2.24, 2.45) is 0 Å². The van der Waals surface area contributed by atoms with Crippen LogP contribution in [0, 0.1) is 18.8 Å². The molecule has 4 nitrogen and oxygen atoms in total. The predicted molar refractivity (Wildman–Crippen MR) is 90.5 cm³/mol. The van der Waals surface area contributed by atoms with Crippen LogP contribution in [0.25, 0.3) is 0 Å². The number of piperidine rings is 1. The van der Waals surface area contributed by atoms with Gasteiger partial charge < -0.3 is 19.8 Å². The predicted octanol–water partition coefficient (Wildman–Crippen LogP) is 1.85. The third-order valence-corrected chi connectivity index (χ3v) is 4.64. The van der Waals surface area contributed by atoms with Gasteiger partial charge in [0.15, 0.2) is 0 Å². The molecule has 1 saturated heterocycles. The summed E-state index contributed by atoms with van der Waals surface area (Å²) >= 11 is 0. The van der Waals surface area contributed by atoms with Crippen LogP contribution in [0.15, 0.2) is 18.2 Å². The highest BCUT2D eigenvalue weighted by atomic mass is 16.5. The lowest BCUT2D eigenvalue weighted by molar-refractivity contribution is -0.108. The van der Waals surface area contributed by atoms with E-state index in [4.69, 9.17) is 9.84 Å². The largest absolute Gasteiger partial charge is 0.393 e. The van der Waals surface area contributed by atoms with Gasteiger partial charge in [0.2, 0.25) is 0 Å². The van der Waals surface area contributed by atoms with Gasteiger partial charge in [0.25, 0.3) is 0 Å². The summed E-state index contributed by atoms with van der Waals surface area (Å²) in [7, 11) is 0. The third kappa shape index (κ3) is 4.26. The first-order chi connectivity index (χ1) is 11.1. The molecular weight excluding hydrogens is 290 g/mol. The SMILES string of the molecule is Cc1cc(C#CCO)cc(N2CCC(OC3CC(O)C3)CC2)c1. The molecule has 4 heteroatoms. The molecule has 0 aromatic heterocycles. The van der Waals surface area contributed by atoms with Crippen molar-refractivity contribution in [1.82, 2.24) is 0 Å². The number of rotatable bonds is 3. The summed E-state index contributed by atoms with van der Waals surface area (Å²) in [6.45, 7) is 3.93. The van der Waals surface area contributed by atoms with Crippen molar-refractivity contribution in [2.45, 2.75) is 50.9 Å². The van der Waals surface area contributed by atoms with Gasteiger partial charge in [0.05, 0.1) is 18.3 Å². The van der Waals surface area contributed by atoms with E-state index in [-0.39, 0.29) is 18.8 Å². The first kappa shape index (κ1) is 16.3. The maximum absolute atomic E-state index is 9.34. The van der Waals surface area contributed by atoms with Crippen molar-refractivity contribution in [3.63, 3.8) is 0 Å². The van der Waals surface area contributed by atoms with Gasteiger partial charge in [-0.05, 0) is 56.4 Å². The van der Waals surface area contributed by atoms with E-state index in [1.54, 1.807) is 0 Å². The Morgan fingerprint density at radius 2 is 1.91 bits per heavy atom. The van der Waals surface area contributed by atoms with E-state index in [2.05, 4.69) is 35.8 Å². The minimum Gasteiger partial charge on any atom is -0.393 e. The highest BCUT2D eigenvalue weighted by Gasteiger charge is 2.31. The molecule has 1 heterocycles. The van der Waals surface area contributed by atoms with Crippen LogP contribution in [0.1, 0.15) is 36.8 Å². The molecule has 2 aliphatic rings. The third-order valence-electron chi connectivity index (χ3n) is 4.64. The molecule has 0 atom stereocenters. The lowest BCUT2D eigenvalue weighted by Crippen LogP contribution is -2.42. The van der Waals surface area contributed by atoms with Crippen LogP contribution in [-0.2, 0) is 4.74 Å². The summed E-state index contributed by atoms with van der Waals surface area (Å²) in [5.41, 5.74) is 3.34. The van der Waals surface area contributed by atoms with Crippen molar-refractivity contribution in [3.05, 3.63) is 29.3 Å². The van der Waals surface area contributed by atoms with Gasteiger partial charge in [-0.1, -0.05) is 11.8 Å². The van der Waals surface area contributed by atoms with Crippen molar-refractivity contribution in [1.29, 1.82) is 0 Å². The van der Waals surface area contributed by atoms with Gasteiger partial charge in [0, 0.05) is 24.3 Å². The fourth-order valence-corrected chi connectivity index (χ4v) is 3.33. The minimum atomic E-state index is -0.147. The number of hydrogen-bond acceptors (Lipinski definition) is 4. The molecule has 1 aliphatic heterocycles.